The predicted molar refractivity (Wildman–Crippen MR) is 56.8 cm³/mol. The van der Waals surface area contributed by atoms with E-state index in [1.54, 1.807) is 0 Å². The molecule has 1 spiro atoms. The summed E-state index contributed by atoms with van der Waals surface area (Å²) >= 11 is 3.23. The van der Waals surface area contributed by atoms with Crippen LogP contribution in [0.5, 0.6) is 0 Å². The van der Waals surface area contributed by atoms with E-state index >= 15 is 0 Å². The molecule has 0 radical (unpaired) electrons. The Labute approximate surface area is 96.3 Å². The third kappa shape index (κ3) is 1.76. The Morgan fingerprint density at radius 3 is 2.67 bits per heavy atom. The number of nitrogens with zero attached hydrogens (tertiary/aromatic N) is 1. The molecule has 1 N–H and O–H groups in total. The summed E-state index contributed by atoms with van der Waals surface area (Å²) in [5.41, 5.74) is -0.683. The SMILES string of the molecule is O=C1NC2(CCOCC2)C(=O)N1CCBr. The molecule has 2 heterocycles. The molecule has 0 aromatic carbocycles. The number of carbonyl (C=O) groups excluding carboxylic acids is 2. The number of nitrogens with one attached hydrogen (secondary N) is 1. The smallest absolute Gasteiger partial charge is 0.325 e. The largest absolute Gasteiger partial charge is 0.381 e. The van der Waals surface area contributed by atoms with Crippen molar-refractivity contribution >= 4 is 27.9 Å². The number of halogens is 1. The molecule has 2 rings (SSSR count). The van der Waals surface area contributed by atoms with Gasteiger partial charge in [-0.25, -0.2) is 4.79 Å². The minimum Gasteiger partial charge on any atom is -0.381 e. The molecule has 0 aliphatic carbocycles. The highest BCUT2D eigenvalue weighted by Gasteiger charge is 2.51. The van der Waals surface area contributed by atoms with Crippen molar-refractivity contribution in [2.75, 3.05) is 25.1 Å². The molecule has 15 heavy (non-hydrogen) atoms. The molecule has 2 aliphatic heterocycles. The van der Waals surface area contributed by atoms with Gasteiger partial charge in [0.15, 0.2) is 0 Å². The Bertz CT molecular complexity index is 289. The van der Waals surface area contributed by atoms with Crippen LogP contribution in [0, 0.1) is 0 Å². The van der Waals surface area contributed by atoms with Crippen LogP contribution in [0.25, 0.3) is 0 Å². The summed E-state index contributed by atoms with van der Waals surface area (Å²) in [6.45, 7) is 1.50. The van der Waals surface area contributed by atoms with Crippen LogP contribution in [0.1, 0.15) is 12.8 Å². The Balaban J connectivity index is 2.15. The number of carbonyl (C=O) groups is 2. The molecule has 0 aromatic rings. The lowest BCUT2D eigenvalue weighted by Gasteiger charge is -2.30. The second kappa shape index (κ2) is 4.09. The number of rotatable bonds is 2. The minimum absolute atomic E-state index is 0.102. The van der Waals surface area contributed by atoms with Gasteiger partial charge in [-0.1, -0.05) is 15.9 Å². The molecule has 0 saturated carbocycles. The van der Waals surface area contributed by atoms with Crippen LogP contribution in [0.2, 0.25) is 0 Å². The Morgan fingerprint density at radius 1 is 1.40 bits per heavy atom. The monoisotopic (exact) mass is 276 g/mol. The third-order valence-corrected chi connectivity index (χ3v) is 3.26. The van der Waals surface area contributed by atoms with Crippen molar-refractivity contribution in [3.63, 3.8) is 0 Å². The molecule has 2 saturated heterocycles. The van der Waals surface area contributed by atoms with Gasteiger partial charge in [-0.15, -0.1) is 0 Å². The van der Waals surface area contributed by atoms with Gasteiger partial charge in [-0.3, -0.25) is 9.69 Å². The van der Waals surface area contributed by atoms with Gasteiger partial charge in [0, 0.05) is 37.9 Å². The molecular weight excluding hydrogens is 264 g/mol. The fourth-order valence-corrected chi connectivity index (χ4v) is 2.38. The van der Waals surface area contributed by atoms with Gasteiger partial charge >= 0.3 is 6.03 Å². The number of hydrogen-bond acceptors (Lipinski definition) is 3. The van der Waals surface area contributed by atoms with Crippen LogP contribution < -0.4 is 5.32 Å². The van der Waals surface area contributed by atoms with Gasteiger partial charge in [-0.2, -0.15) is 0 Å². The average Bonchev–Trinajstić information content (AvgIpc) is 2.45. The lowest BCUT2D eigenvalue weighted by Crippen LogP contribution is -2.51. The van der Waals surface area contributed by atoms with E-state index in [-0.39, 0.29) is 11.9 Å². The van der Waals surface area contributed by atoms with E-state index in [0.717, 1.165) is 0 Å². The summed E-state index contributed by atoms with van der Waals surface area (Å²) in [5, 5.41) is 3.40. The van der Waals surface area contributed by atoms with Crippen LogP contribution in [0.3, 0.4) is 0 Å². The summed E-state index contributed by atoms with van der Waals surface area (Å²) in [7, 11) is 0. The van der Waals surface area contributed by atoms with Crippen molar-refractivity contribution in [2.45, 2.75) is 18.4 Å². The second-order valence-electron chi connectivity index (χ2n) is 3.77. The average molecular weight is 277 g/mol. The first-order valence-electron chi connectivity index (χ1n) is 4.97. The number of imide groups is 1. The standard InChI is InChI=1S/C9H13BrN2O3/c10-3-4-12-7(13)9(11-8(12)14)1-5-15-6-2-9/h1-6H2,(H,11,14). The maximum atomic E-state index is 12.0. The minimum atomic E-state index is -0.683. The van der Waals surface area contributed by atoms with E-state index in [1.165, 1.54) is 4.90 Å². The summed E-state index contributed by atoms with van der Waals surface area (Å²) in [6.07, 6.45) is 1.16. The molecule has 0 aromatic heterocycles. The maximum Gasteiger partial charge on any atom is 0.325 e. The van der Waals surface area contributed by atoms with E-state index in [0.29, 0.717) is 37.9 Å². The van der Waals surface area contributed by atoms with E-state index in [1.807, 2.05) is 0 Å². The van der Waals surface area contributed by atoms with Crippen LogP contribution in [0.15, 0.2) is 0 Å². The molecule has 2 aliphatic rings. The quantitative estimate of drug-likeness (QED) is 0.590. The second-order valence-corrected chi connectivity index (χ2v) is 4.56. The maximum absolute atomic E-state index is 12.0. The van der Waals surface area contributed by atoms with Crippen LogP contribution in [-0.4, -0.2) is 47.5 Å². The van der Waals surface area contributed by atoms with Gasteiger partial charge in [-0.05, 0) is 0 Å². The van der Waals surface area contributed by atoms with Crippen molar-refractivity contribution in [3.05, 3.63) is 0 Å². The van der Waals surface area contributed by atoms with Crippen molar-refractivity contribution in [2.24, 2.45) is 0 Å². The van der Waals surface area contributed by atoms with Gasteiger partial charge in [0.2, 0.25) is 0 Å². The first kappa shape index (κ1) is 10.9. The van der Waals surface area contributed by atoms with Crippen LogP contribution in [0.4, 0.5) is 4.79 Å². The summed E-state index contributed by atoms with van der Waals surface area (Å²) in [5.74, 6) is -0.102. The summed E-state index contributed by atoms with van der Waals surface area (Å²) in [6, 6.07) is -0.277. The highest BCUT2D eigenvalue weighted by Crippen LogP contribution is 2.28. The first-order valence-corrected chi connectivity index (χ1v) is 6.09. The van der Waals surface area contributed by atoms with Crippen molar-refractivity contribution in [1.82, 2.24) is 10.2 Å². The van der Waals surface area contributed by atoms with Gasteiger partial charge in [0.25, 0.3) is 5.91 Å². The van der Waals surface area contributed by atoms with Gasteiger partial charge < -0.3 is 10.1 Å². The number of ether oxygens (including phenoxy) is 1. The van der Waals surface area contributed by atoms with Crippen molar-refractivity contribution in [1.29, 1.82) is 0 Å². The fourth-order valence-electron chi connectivity index (χ4n) is 2.02. The number of hydrogen-bond donors (Lipinski definition) is 1. The van der Waals surface area contributed by atoms with E-state index in [9.17, 15) is 9.59 Å². The number of urea groups is 1. The van der Waals surface area contributed by atoms with Gasteiger partial charge in [0.05, 0.1) is 0 Å². The van der Waals surface area contributed by atoms with E-state index in [2.05, 4.69) is 21.2 Å². The lowest BCUT2D eigenvalue weighted by molar-refractivity contribution is -0.134. The molecule has 0 bridgehead atoms. The number of amides is 3. The zero-order chi connectivity index (χ0) is 10.9. The molecule has 0 atom stereocenters. The Hall–Kier alpha value is -0.620. The molecule has 5 nitrogen and oxygen atoms in total. The third-order valence-electron chi connectivity index (χ3n) is 2.90. The molecule has 0 unspecified atom stereocenters. The van der Waals surface area contributed by atoms with E-state index in [4.69, 9.17) is 4.74 Å². The Morgan fingerprint density at radius 2 is 2.07 bits per heavy atom. The number of alkyl halides is 1. The van der Waals surface area contributed by atoms with Crippen LogP contribution in [-0.2, 0) is 9.53 Å². The highest BCUT2D eigenvalue weighted by molar-refractivity contribution is 9.09. The highest BCUT2D eigenvalue weighted by atomic mass is 79.9. The van der Waals surface area contributed by atoms with Crippen molar-refractivity contribution in [3.8, 4) is 0 Å². The molecular formula is C9H13BrN2O3. The lowest BCUT2D eigenvalue weighted by atomic mass is 9.90. The molecule has 2 fully saturated rings. The molecule has 84 valence electrons. The Kier molecular flexibility index (Phi) is 2.97. The van der Waals surface area contributed by atoms with Crippen LogP contribution >= 0.6 is 15.9 Å². The topological polar surface area (TPSA) is 58.6 Å². The van der Waals surface area contributed by atoms with Crippen molar-refractivity contribution < 1.29 is 14.3 Å². The summed E-state index contributed by atoms with van der Waals surface area (Å²) in [4.78, 5) is 24.9. The summed E-state index contributed by atoms with van der Waals surface area (Å²) < 4.78 is 5.20. The molecule has 3 amide bonds. The first-order chi connectivity index (χ1) is 7.19. The predicted octanol–water partition coefficient (Wildman–Crippen LogP) is 0.482. The fraction of sp³-hybridized carbons (Fsp3) is 0.778. The normalized spacial score (nSPS) is 24.7. The zero-order valence-electron chi connectivity index (χ0n) is 8.29. The van der Waals surface area contributed by atoms with Gasteiger partial charge in [0.1, 0.15) is 5.54 Å². The molecule has 6 heteroatoms. The van der Waals surface area contributed by atoms with E-state index < -0.39 is 5.54 Å². The zero-order valence-corrected chi connectivity index (χ0v) is 9.88.